The van der Waals surface area contributed by atoms with Gasteiger partial charge in [0.15, 0.2) is 0 Å². The molecule has 0 radical (unpaired) electrons. The lowest BCUT2D eigenvalue weighted by Gasteiger charge is -2.16. The van der Waals surface area contributed by atoms with Crippen LogP contribution in [0.1, 0.15) is 56.2 Å². The molecular weight excluding hydrogens is 224 g/mol. The van der Waals surface area contributed by atoms with E-state index in [1.165, 1.54) is 9.75 Å². The largest absolute Gasteiger partial charge is 0.143 e. The fourth-order valence-electron chi connectivity index (χ4n) is 1.45. The van der Waals surface area contributed by atoms with Crippen molar-refractivity contribution in [3.8, 4) is 0 Å². The van der Waals surface area contributed by atoms with Crippen molar-refractivity contribution in [3.63, 3.8) is 0 Å². The summed E-state index contributed by atoms with van der Waals surface area (Å²) in [6, 6.07) is 4.40. The third-order valence-corrected chi connectivity index (χ3v) is 4.52. The van der Waals surface area contributed by atoms with E-state index in [0.717, 1.165) is 6.42 Å². The molecule has 0 aliphatic rings. The molecule has 0 N–H and O–H groups in total. The average molecular weight is 245 g/mol. The summed E-state index contributed by atoms with van der Waals surface area (Å²) in [5.41, 5.74) is 0.247. The summed E-state index contributed by atoms with van der Waals surface area (Å²) in [5.74, 6) is 0.660. The van der Waals surface area contributed by atoms with Gasteiger partial charge in [-0.2, -0.15) is 0 Å². The molecule has 1 aromatic rings. The van der Waals surface area contributed by atoms with Crippen LogP contribution in [0.15, 0.2) is 12.1 Å². The van der Waals surface area contributed by atoms with E-state index in [1.54, 1.807) is 0 Å². The van der Waals surface area contributed by atoms with Crippen LogP contribution in [-0.2, 0) is 5.41 Å². The van der Waals surface area contributed by atoms with Gasteiger partial charge in [-0.3, -0.25) is 0 Å². The SMILES string of the molecule is CC(C)CC(Cl)c1ccc(C(C)(C)C)s1. The van der Waals surface area contributed by atoms with Crippen LogP contribution in [0.25, 0.3) is 0 Å². The van der Waals surface area contributed by atoms with Gasteiger partial charge in [-0.15, -0.1) is 22.9 Å². The molecule has 2 heteroatoms. The molecule has 0 amide bonds. The Labute approximate surface area is 103 Å². The summed E-state index contributed by atoms with van der Waals surface area (Å²) in [6.07, 6.45) is 1.06. The van der Waals surface area contributed by atoms with Gasteiger partial charge in [-0.25, -0.2) is 0 Å². The van der Waals surface area contributed by atoms with E-state index in [-0.39, 0.29) is 10.8 Å². The molecule has 0 saturated heterocycles. The molecule has 0 bridgehead atoms. The van der Waals surface area contributed by atoms with Crippen LogP contribution >= 0.6 is 22.9 Å². The molecule has 0 nitrogen and oxygen atoms in total. The molecule has 1 unspecified atom stereocenters. The topological polar surface area (TPSA) is 0 Å². The monoisotopic (exact) mass is 244 g/mol. The Bertz CT molecular complexity index is 307. The molecule has 0 fully saturated rings. The molecule has 1 aromatic heterocycles. The van der Waals surface area contributed by atoms with Gasteiger partial charge in [-0.05, 0) is 29.9 Å². The van der Waals surface area contributed by atoms with Crippen molar-refractivity contribution in [2.75, 3.05) is 0 Å². The molecule has 1 atom stereocenters. The maximum Gasteiger partial charge on any atom is 0.0681 e. The van der Waals surface area contributed by atoms with Gasteiger partial charge in [-0.1, -0.05) is 34.6 Å². The highest BCUT2D eigenvalue weighted by atomic mass is 35.5. The van der Waals surface area contributed by atoms with E-state index in [0.29, 0.717) is 5.92 Å². The second-order valence-corrected chi connectivity index (χ2v) is 7.19. The van der Waals surface area contributed by atoms with Crippen molar-refractivity contribution in [2.24, 2.45) is 5.92 Å². The number of hydrogen-bond acceptors (Lipinski definition) is 1. The highest BCUT2D eigenvalue weighted by Gasteiger charge is 2.19. The van der Waals surface area contributed by atoms with Crippen LogP contribution in [0.2, 0.25) is 0 Å². The van der Waals surface area contributed by atoms with Gasteiger partial charge in [0.05, 0.1) is 5.38 Å². The first-order chi connectivity index (χ1) is 6.80. The summed E-state index contributed by atoms with van der Waals surface area (Å²) in [5, 5.41) is 0.186. The molecule has 0 aromatic carbocycles. The summed E-state index contributed by atoms with van der Waals surface area (Å²) < 4.78 is 0. The number of alkyl halides is 1. The average Bonchev–Trinajstić information content (AvgIpc) is 2.48. The normalized spacial score (nSPS) is 14.6. The molecule has 0 spiro atoms. The van der Waals surface area contributed by atoms with Crippen molar-refractivity contribution in [2.45, 2.75) is 51.8 Å². The van der Waals surface area contributed by atoms with Gasteiger partial charge >= 0.3 is 0 Å². The Morgan fingerprint density at radius 1 is 1.27 bits per heavy atom. The van der Waals surface area contributed by atoms with Crippen LogP contribution in [-0.4, -0.2) is 0 Å². The summed E-state index contributed by atoms with van der Waals surface area (Å²) in [4.78, 5) is 2.74. The fourth-order valence-corrected chi connectivity index (χ4v) is 3.07. The van der Waals surface area contributed by atoms with Crippen molar-refractivity contribution < 1.29 is 0 Å². The quantitative estimate of drug-likeness (QED) is 0.627. The lowest BCUT2D eigenvalue weighted by Crippen LogP contribution is -2.07. The lowest BCUT2D eigenvalue weighted by molar-refractivity contribution is 0.578. The summed E-state index contributed by atoms with van der Waals surface area (Å²) in [7, 11) is 0. The van der Waals surface area contributed by atoms with Crippen LogP contribution in [0.4, 0.5) is 0 Å². The number of halogens is 1. The zero-order chi connectivity index (χ0) is 11.6. The zero-order valence-corrected chi connectivity index (χ0v) is 11.9. The third-order valence-electron chi connectivity index (χ3n) is 2.35. The standard InChI is InChI=1S/C13H21ClS/c1-9(2)8-10(14)11-6-7-12(15-11)13(3,4)5/h6-7,9-10H,8H2,1-5H3. The van der Waals surface area contributed by atoms with Crippen molar-refractivity contribution >= 4 is 22.9 Å². The molecule has 1 rings (SSSR count). The Kier molecular flexibility index (Phi) is 4.25. The second-order valence-electron chi connectivity index (χ2n) is 5.55. The maximum absolute atomic E-state index is 6.38. The van der Waals surface area contributed by atoms with Crippen molar-refractivity contribution in [3.05, 3.63) is 21.9 Å². The number of rotatable bonds is 3. The second kappa shape index (κ2) is 4.88. The number of thiophene rings is 1. The number of hydrogen-bond donors (Lipinski definition) is 0. The molecule has 0 aliphatic heterocycles. The zero-order valence-electron chi connectivity index (χ0n) is 10.3. The first kappa shape index (κ1) is 13.1. The van der Waals surface area contributed by atoms with Gasteiger partial charge in [0.1, 0.15) is 0 Å². The van der Waals surface area contributed by atoms with E-state index in [1.807, 2.05) is 11.3 Å². The lowest BCUT2D eigenvalue weighted by atomic mass is 9.95. The highest BCUT2D eigenvalue weighted by molar-refractivity contribution is 7.12. The minimum absolute atomic E-state index is 0.186. The van der Waals surface area contributed by atoms with Crippen LogP contribution in [0.5, 0.6) is 0 Å². The Hall–Kier alpha value is -0.0100. The third kappa shape index (κ3) is 3.81. The Balaban J connectivity index is 2.76. The van der Waals surface area contributed by atoms with E-state index in [4.69, 9.17) is 11.6 Å². The van der Waals surface area contributed by atoms with E-state index in [2.05, 4.69) is 46.8 Å². The molecule has 0 saturated carbocycles. The predicted molar refractivity (Wildman–Crippen MR) is 71.1 cm³/mol. The van der Waals surface area contributed by atoms with E-state index < -0.39 is 0 Å². The van der Waals surface area contributed by atoms with Crippen LogP contribution < -0.4 is 0 Å². The minimum atomic E-state index is 0.186. The van der Waals surface area contributed by atoms with Crippen LogP contribution in [0.3, 0.4) is 0 Å². The first-order valence-electron chi connectivity index (χ1n) is 5.55. The molecule has 1 heterocycles. The predicted octanol–water partition coefficient (Wildman–Crippen LogP) is 5.37. The molecular formula is C13H21ClS. The fraction of sp³-hybridized carbons (Fsp3) is 0.692. The van der Waals surface area contributed by atoms with Gasteiger partial charge in [0.25, 0.3) is 0 Å². The van der Waals surface area contributed by atoms with Gasteiger partial charge in [0.2, 0.25) is 0 Å². The van der Waals surface area contributed by atoms with Gasteiger partial charge in [0, 0.05) is 9.75 Å². The first-order valence-corrected chi connectivity index (χ1v) is 6.80. The maximum atomic E-state index is 6.38. The highest BCUT2D eigenvalue weighted by Crippen LogP contribution is 2.37. The Morgan fingerprint density at radius 3 is 2.27 bits per heavy atom. The molecule has 86 valence electrons. The molecule has 0 aliphatic carbocycles. The van der Waals surface area contributed by atoms with Crippen molar-refractivity contribution in [1.29, 1.82) is 0 Å². The smallest absolute Gasteiger partial charge is 0.0681 e. The van der Waals surface area contributed by atoms with E-state index in [9.17, 15) is 0 Å². The Morgan fingerprint density at radius 2 is 1.87 bits per heavy atom. The van der Waals surface area contributed by atoms with Gasteiger partial charge < -0.3 is 0 Å². The van der Waals surface area contributed by atoms with Crippen LogP contribution in [0, 0.1) is 5.92 Å². The van der Waals surface area contributed by atoms with E-state index >= 15 is 0 Å². The minimum Gasteiger partial charge on any atom is -0.143 e. The van der Waals surface area contributed by atoms with Crippen molar-refractivity contribution in [1.82, 2.24) is 0 Å². The molecule has 15 heavy (non-hydrogen) atoms. The summed E-state index contributed by atoms with van der Waals surface area (Å²) in [6.45, 7) is 11.2. The summed E-state index contributed by atoms with van der Waals surface area (Å²) >= 11 is 8.23.